The maximum Gasteiger partial charge on any atom is 0.416 e. The molecule has 0 aliphatic carbocycles. The molecule has 2 aromatic carbocycles. The van der Waals surface area contributed by atoms with Gasteiger partial charge in [-0.3, -0.25) is 4.79 Å². The molecule has 1 N–H and O–H groups in total. The highest BCUT2D eigenvalue weighted by Gasteiger charge is 2.31. The number of rotatable bonds is 6. The Balaban J connectivity index is 2.30. The SMILES string of the molecule is CCC[C@H](NC(=O)C(C#N)=Cc1cc(Cl)cc(C(F)(F)F)c1)c1ccccc1. The number of nitriles is 1. The van der Waals surface area contributed by atoms with Gasteiger partial charge in [0.05, 0.1) is 11.6 Å². The first kappa shape index (κ1) is 21.5. The zero-order valence-corrected chi connectivity index (χ0v) is 15.8. The molecule has 2 rings (SSSR count). The average molecular weight is 407 g/mol. The summed E-state index contributed by atoms with van der Waals surface area (Å²) in [7, 11) is 0. The van der Waals surface area contributed by atoms with Gasteiger partial charge in [-0.05, 0) is 41.8 Å². The zero-order valence-electron chi connectivity index (χ0n) is 15.1. The Kier molecular flexibility index (Phi) is 7.24. The van der Waals surface area contributed by atoms with E-state index in [2.05, 4.69) is 5.32 Å². The van der Waals surface area contributed by atoms with E-state index in [1.807, 2.05) is 37.3 Å². The average Bonchev–Trinajstić information content (AvgIpc) is 2.65. The van der Waals surface area contributed by atoms with Gasteiger partial charge in [0.25, 0.3) is 5.91 Å². The fourth-order valence-corrected chi connectivity index (χ4v) is 2.95. The van der Waals surface area contributed by atoms with Crippen molar-refractivity contribution in [3.63, 3.8) is 0 Å². The molecule has 2 aromatic rings. The van der Waals surface area contributed by atoms with Gasteiger partial charge < -0.3 is 5.32 Å². The minimum Gasteiger partial charge on any atom is -0.345 e. The van der Waals surface area contributed by atoms with Gasteiger partial charge in [-0.25, -0.2) is 0 Å². The molecule has 1 atom stereocenters. The highest BCUT2D eigenvalue weighted by Crippen LogP contribution is 2.32. The number of nitrogens with zero attached hydrogens (tertiary/aromatic N) is 1. The van der Waals surface area contributed by atoms with E-state index < -0.39 is 17.6 Å². The van der Waals surface area contributed by atoms with Crippen molar-refractivity contribution in [3.8, 4) is 6.07 Å². The highest BCUT2D eigenvalue weighted by molar-refractivity contribution is 6.30. The molecule has 146 valence electrons. The molecule has 0 saturated heterocycles. The van der Waals surface area contributed by atoms with Gasteiger partial charge in [-0.15, -0.1) is 0 Å². The van der Waals surface area contributed by atoms with E-state index in [9.17, 15) is 23.2 Å². The Morgan fingerprint density at radius 1 is 1.25 bits per heavy atom. The number of halogens is 4. The van der Waals surface area contributed by atoms with Crippen LogP contribution in [-0.2, 0) is 11.0 Å². The van der Waals surface area contributed by atoms with Gasteiger partial charge in [-0.1, -0.05) is 55.3 Å². The van der Waals surface area contributed by atoms with Gasteiger partial charge >= 0.3 is 6.18 Å². The van der Waals surface area contributed by atoms with E-state index in [0.717, 1.165) is 30.2 Å². The summed E-state index contributed by atoms with van der Waals surface area (Å²) in [5.74, 6) is -0.654. The number of carbonyl (C=O) groups excluding carboxylic acids is 1. The minimum atomic E-state index is -4.58. The van der Waals surface area contributed by atoms with Crippen molar-refractivity contribution in [3.05, 3.63) is 75.8 Å². The van der Waals surface area contributed by atoms with E-state index in [4.69, 9.17) is 11.6 Å². The lowest BCUT2D eigenvalue weighted by molar-refractivity contribution is -0.137. The molecule has 0 radical (unpaired) electrons. The summed E-state index contributed by atoms with van der Waals surface area (Å²) >= 11 is 5.76. The number of benzene rings is 2. The Hall–Kier alpha value is -2.78. The van der Waals surface area contributed by atoms with Crippen molar-refractivity contribution < 1.29 is 18.0 Å². The molecule has 0 saturated carbocycles. The molecule has 0 aliphatic heterocycles. The van der Waals surface area contributed by atoms with Crippen LogP contribution in [0.2, 0.25) is 5.02 Å². The first-order valence-electron chi connectivity index (χ1n) is 8.60. The fraction of sp³-hybridized carbons (Fsp3) is 0.238. The minimum absolute atomic E-state index is 0.0262. The number of hydrogen-bond acceptors (Lipinski definition) is 2. The van der Waals surface area contributed by atoms with Gasteiger partial charge in [0.15, 0.2) is 0 Å². The summed E-state index contributed by atoms with van der Waals surface area (Å²) in [5, 5.41) is 12.0. The predicted octanol–water partition coefficient (Wildman–Crippen LogP) is 5.92. The van der Waals surface area contributed by atoms with E-state index in [1.165, 1.54) is 6.07 Å². The molecule has 0 heterocycles. The van der Waals surface area contributed by atoms with Crippen molar-refractivity contribution >= 4 is 23.6 Å². The molecule has 0 spiro atoms. The number of amides is 1. The molecule has 1 amide bonds. The molecule has 7 heteroatoms. The topological polar surface area (TPSA) is 52.9 Å². The van der Waals surface area contributed by atoms with Crippen LogP contribution in [0.3, 0.4) is 0 Å². The zero-order chi connectivity index (χ0) is 20.7. The molecule has 3 nitrogen and oxygen atoms in total. The molecule has 0 bridgehead atoms. The largest absolute Gasteiger partial charge is 0.416 e. The summed E-state index contributed by atoms with van der Waals surface area (Å²) in [6.45, 7) is 1.97. The normalized spacial score (nSPS) is 12.9. The molecular formula is C21H18ClF3N2O. The van der Waals surface area contributed by atoms with Crippen LogP contribution >= 0.6 is 11.6 Å². The number of carbonyl (C=O) groups is 1. The van der Waals surface area contributed by atoms with Crippen molar-refractivity contribution in [1.29, 1.82) is 5.26 Å². The van der Waals surface area contributed by atoms with Crippen LogP contribution in [0, 0.1) is 11.3 Å². The third-order valence-corrected chi connectivity index (χ3v) is 4.23. The van der Waals surface area contributed by atoms with Crippen LogP contribution in [0.5, 0.6) is 0 Å². The molecule has 28 heavy (non-hydrogen) atoms. The summed E-state index contributed by atoms with van der Waals surface area (Å²) in [6.07, 6.45) is -2.02. The van der Waals surface area contributed by atoms with Crippen molar-refractivity contribution in [2.45, 2.75) is 32.0 Å². The van der Waals surface area contributed by atoms with Crippen LogP contribution in [0.4, 0.5) is 13.2 Å². The number of hydrogen-bond donors (Lipinski definition) is 1. The second-order valence-electron chi connectivity index (χ2n) is 6.17. The fourth-order valence-electron chi connectivity index (χ4n) is 2.71. The van der Waals surface area contributed by atoms with Crippen LogP contribution in [-0.4, -0.2) is 5.91 Å². The maximum absolute atomic E-state index is 12.9. The second-order valence-corrected chi connectivity index (χ2v) is 6.60. The summed E-state index contributed by atoms with van der Waals surface area (Å²) in [5.41, 5.74) is -0.333. The Labute approximate surface area is 166 Å². The lowest BCUT2D eigenvalue weighted by atomic mass is 10.0. The second kappa shape index (κ2) is 9.43. The van der Waals surface area contributed by atoms with Crippen molar-refractivity contribution in [2.75, 3.05) is 0 Å². The van der Waals surface area contributed by atoms with Crippen molar-refractivity contribution in [2.24, 2.45) is 0 Å². The highest BCUT2D eigenvalue weighted by atomic mass is 35.5. The number of nitrogens with one attached hydrogen (secondary N) is 1. The Bertz CT molecular complexity index is 902. The molecule has 0 unspecified atom stereocenters. The van der Waals surface area contributed by atoms with Crippen molar-refractivity contribution in [1.82, 2.24) is 5.32 Å². The Morgan fingerprint density at radius 2 is 1.93 bits per heavy atom. The van der Waals surface area contributed by atoms with Crippen LogP contribution in [0.25, 0.3) is 6.08 Å². The van der Waals surface area contributed by atoms with Gasteiger partial charge in [0.2, 0.25) is 0 Å². The van der Waals surface area contributed by atoms with Crippen LogP contribution < -0.4 is 5.32 Å². The van der Waals surface area contributed by atoms with Gasteiger partial charge in [-0.2, -0.15) is 18.4 Å². The lowest BCUT2D eigenvalue weighted by Crippen LogP contribution is -2.29. The third-order valence-electron chi connectivity index (χ3n) is 4.01. The van der Waals surface area contributed by atoms with E-state index in [0.29, 0.717) is 6.42 Å². The standard InChI is InChI=1S/C21H18ClF3N2O/c1-2-6-19(15-7-4-3-5-8-15)27-20(28)16(13-26)9-14-10-17(21(23,24)25)12-18(22)11-14/h3-5,7-12,19H,2,6H2,1H3,(H,27,28)/t19-/m0/s1. The van der Waals surface area contributed by atoms with E-state index in [1.54, 1.807) is 6.07 Å². The lowest BCUT2D eigenvalue weighted by Gasteiger charge is -2.18. The van der Waals surface area contributed by atoms with Gasteiger partial charge in [0, 0.05) is 5.02 Å². The Morgan fingerprint density at radius 3 is 2.50 bits per heavy atom. The third kappa shape index (κ3) is 5.86. The smallest absolute Gasteiger partial charge is 0.345 e. The molecule has 0 fully saturated rings. The quantitative estimate of drug-likeness (QED) is 0.478. The summed E-state index contributed by atoms with van der Waals surface area (Å²) < 4.78 is 38.8. The maximum atomic E-state index is 12.9. The first-order chi connectivity index (χ1) is 13.2. The molecular weight excluding hydrogens is 389 g/mol. The number of alkyl halides is 3. The summed E-state index contributed by atoms with van der Waals surface area (Å²) in [6, 6.07) is 13.6. The van der Waals surface area contributed by atoms with E-state index >= 15 is 0 Å². The van der Waals surface area contributed by atoms with Gasteiger partial charge in [0.1, 0.15) is 11.6 Å². The first-order valence-corrected chi connectivity index (χ1v) is 8.97. The monoisotopic (exact) mass is 406 g/mol. The molecule has 0 aromatic heterocycles. The summed E-state index contributed by atoms with van der Waals surface area (Å²) in [4.78, 5) is 12.5. The van der Waals surface area contributed by atoms with E-state index in [-0.39, 0.29) is 22.2 Å². The predicted molar refractivity (Wildman–Crippen MR) is 102 cm³/mol. The molecule has 0 aliphatic rings. The van der Waals surface area contributed by atoms with Crippen LogP contribution in [0.15, 0.2) is 54.1 Å². The van der Waals surface area contributed by atoms with Crippen LogP contribution in [0.1, 0.15) is 42.5 Å².